The molecule has 0 bridgehead atoms. The summed E-state index contributed by atoms with van der Waals surface area (Å²) in [7, 11) is 3.98. The van der Waals surface area contributed by atoms with Crippen molar-refractivity contribution < 1.29 is 19.1 Å². The van der Waals surface area contributed by atoms with Gasteiger partial charge in [-0.2, -0.15) is 0 Å². The molecule has 2 rings (SSSR count). The molecule has 0 N–H and O–H groups in total. The van der Waals surface area contributed by atoms with Crippen molar-refractivity contribution in [2.24, 2.45) is 5.92 Å². The molecule has 1 unspecified atom stereocenters. The summed E-state index contributed by atoms with van der Waals surface area (Å²) in [5.41, 5.74) is 1.87. The van der Waals surface area contributed by atoms with Crippen molar-refractivity contribution in [3.8, 4) is 5.75 Å². The predicted octanol–water partition coefficient (Wildman–Crippen LogP) is 3.32. The number of allylic oxidation sites excluding steroid dienone is 1. The number of Topliss-reactive ketones (excluding diaryl/α,β-unsaturated/α-hetero) is 1. The van der Waals surface area contributed by atoms with Gasteiger partial charge in [0.25, 0.3) is 0 Å². The van der Waals surface area contributed by atoms with Crippen molar-refractivity contribution in [3.05, 3.63) is 35.4 Å². The van der Waals surface area contributed by atoms with Crippen molar-refractivity contribution in [1.29, 1.82) is 0 Å². The molecule has 0 aliphatic heterocycles. The molecule has 0 amide bonds. The first-order chi connectivity index (χ1) is 11.5. The largest absolute Gasteiger partial charge is 0.457 e. The van der Waals surface area contributed by atoms with E-state index in [9.17, 15) is 9.59 Å². The zero-order chi connectivity index (χ0) is 17.5. The van der Waals surface area contributed by atoms with Crippen LogP contribution in [0.4, 0.5) is 0 Å². The fraction of sp³-hybridized carbons (Fsp3) is 0.474. The summed E-state index contributed by atoms with van der Waals surface area (Å²) in [5, 5.41) is 0. The fourth-order valence-corrected chi connectivity index (χ4v) is 2.73. The Morgan fingerprint density at radius 3 is 2.56 bits per heavy atom. The van der Waals surface area contributed by atoms with E-state index in [1.54, 1.807) is 6.92 Å². The Hall–Kier alpha value is -1.85. The second-order valence-corrected chi connectivity index (χ2v) is 6.23. The van der Waals surface area contributed by atoms with Crippen LogP contribution < -0.4 is 4.74 Å². The van der Waals surface area contributed by atoms with E-state index in [1.807, 2.05) is 44.4 Å². The third-order valence-corrected chi connectivity index (χ3v) is 3.99. The zero-order valence-electron chi connectivity index (χ0n) is 15.0. The molecule has 1 aliphatic carbocycles. The van der Waals surface area contributed by atoms with E-state index in [-0.39, 0.29) is 36.9 Å². The summed E-state index contributed by atoms with van der Waals surface area (Å²) in [6.07, 6.45) is 4.05. The molecule has 1 aliphatic rings. The molecule has 138 valence electrons. The highest BCUT2D eigenvalue weighted by molar-refractivity contribution is 6.03. The van der Waals surface area contributed by atoms with Crippen LogP contribution in [0.3, 0.4) is 0 Å². The van der Waals surface area contributed by atoms with E-state index in [1.165, 1.54) is 0 Å². The van der Waals surface area contributed by atoms with Crippen LogP contribution in [0.25, 0.3) is 6.08 Å². The van der Waals surface area contributed by atoms with Crippen molar-refractivity contribution in [1.82, 2.24) is 4.90 Å². The van der Waals surface area contributed by atoms with Gasteiger partial charge in [0.05, 0.1) is 0 Å². The van der Waals surface area contributed by atoms with E-state index >= 15 is 0 Å². The summed E-state index contributed by atoms with van der Waals surface area (Å²) < 4.78 is 10.2. The molecule has 1 saturated carbocycles. The van der Waals surface area contributed by atoms with Crippen molar-refractivity contribution in [3.63, 3.8) is 0 Å². The second-order valence-electron chi connectivity index (χ2n) is 6.23. The van der Waals surface area contributed by atoms with Gasteiger partial charge in [0.15, 0.2) is 5.78 Å². The van der Waals surface area contributed by atoms with Gasteiger partial charge in [0.2, 0.25) is 6.79 Å². The molecule has 1 atom stereocenters. The Labute approximate surface area is 155 Å². The van der Waals surface area contributed by atoms with Crippen LogP contribution in [0.2, 0.25) is 0 Å². The summed E-state index contributed by atoms with van der Waals surface area (Å²) in [4.78, 5) is 25.5. The van der Waals surface area contributed by atoms with E-state index in [0.29, 0.717) is 12.2 Å². The Bertz CT molecular complexity index is 610. The quantitative estimate of drug-likeness (QED) is 0.420. The molecule has 0 heterocycles. The van der Waals surface area contributed by atoms with Gasteiger partial charge >= 0.3 is 5.97 Å². The van der Waals surface area contributed by atoms with E-state index in [4.69, 9.17) is 9.47 Å². The molecule has 0 spiro atoms. The highest BCUT2D eigenvalue weighted by atomic mass is 35.5. The fourth-order valence-electron chi connectivity index (χ4n) is 2.73. The monoisotopic (exact) mass is 367 g/mol. The lowest BCUT2D eigenvalue weighted by Gasteiger charge is -2.13. The molecule has 1 fully saturated rings. The normalized spacial score (nSPS) is 18.3. The van der Waals surface area contributed by atoms with Crippen LogP contribution in [-0.4, -0.2) is 44.1 Å². The number of hydrogen-bond acceptors (Lipinski definition) is 5. The van der Waals surface area contributed by atoms with E-state index in [2.05, 4.69) is 4.90 Å². The molecule has 0 radical (unpaired) electrons. The van der Waals surface area contributed by atoms with Gasteiger partial charge in [-0.15, -0.1) is 12.4 Å². The minimum atomic E-state index is -0.289. The van der Waals surface area contributed by atoms with Crippen molar-refractivity contribution in [2.45, 2.75) is 26.2 Å². The number of carbonyl (C=O) groups is 2. The maximum atomic E-state index is 12.4. The number of carbonyl (C=O) groups excluding carboxylic acids is 2. The van der Waals surface area contributed by atoms with Gasteiger partial charge < -0.3 is 14.4 Å². The maximum Gasteiger partial charge on any atom is 0.308 e. The number of ketones is 1. The van der Waals surface area contributed by atoms with Crippen LogP contribution >= 0.6 is 12.4 Å². The molecular formula is C19H26ClNO4. The lowest BCUT2D eigenvalue weighted by Crippen LogP contribution is -2.24. The molecule has 0 saturated heterocycles. The van der Waals surface area contributed by atoms with E-state index < -0.39 is 0 Å². The summed E-state index contributed by atoms with van der Waals surface area (Å²) in [6.45, 7) is 2.45. The maximum absolute atomic E-state index is 12.4. The highest BCUT2D eigenvalue weighted by Crippen LogP contribution is 2.29. The van der Waals surface area contributed by atoms with Gasteiger partial charge in [-0.1, -0.05) is 19.1 Å². The van der Waals surface area contributed by atoms with Crippen molar-refractivity contribution in [2.75, 3.05) is 27.4 Å². The Morgan fingerprint density at radius 1 is 1.28 bits per heavy atom. The lowest BCUT2D eigenvalue weighted by atomic mass is 10.0. The van der Waals surface area contributed by atoms with Crippen molar-refractivity contribution >= 4 is 30.2 Å². The summed E-state index contributed by atoms with van der Waals surface area (Å²) >= 11 is 0. The molecule has 25 heavy (non-hydrogen) atoms. The smallest absolute Gasteiger partial charge is 0.308 e. The van der Waals surface area contributed by atoms with Gasteiger partial charge in [0.1, 0.15) is 5.75 Å². The first kappa shape index (κ1) is 21.2. The molecule has 5 nitrogen and oxygen atoms in total. The molecule has 6 heteroatoms. The first-order valence-corrected chi connectivity index (χ1v) is 8.27. The van der Waals surface area contributed by atoms with Gasteiger partial charge in [-0.05, 0) is 56.3 Å². The number of benzene rings is 1. The summed E-state index contributed by atoms with van der Waals surface area (Å²) in [5.74, 6) is 0.713. The van der Waals surface area contributed by atoms with Crippen LogP contribution in [0.1, 0.15) is 31.7 Å². The van der Waals surface area contributed by atoms with Gasteiger partial charge in [-0.25, -0.2) is 0 Å². The van der Waals surface area contributed by atoms with Crippen LogP contribution in [0, 0.1) is 5.92 Å². The number of rotatable bonds is 7. The average Bonchev–Trinajstić information content (AvgIpc) is 2.89. The predicted molar refractivity (Wildman–Crippen MR) is 99.8 cm³/mol. The Balaban J connectivity index is 0.00000312. The third-order valence-electron chi connectivity index (χ3n) is 3.99. The minimum absolute atomic E-state index is 0. The van der Waals surface area contributed by atoms with E-state index in [0.717, 1.165) is 30.5 Å². The Morgan fingerprint density at radius 2 is 1.96 bits per heavy atom. The third kappa shape index (κ3) is 6.52. The molecule has 1 aromatic rings. The number of nitrogens with zero attached hydrogens (tertiary/aromatic N) is 1. The van der Waals surface area contributed by atoms with Crippen LogP contribution in [-0.2, 0) is 14.3 Å². The molecule has 0 aromatic heterocycles. The lowest BCUT2D eigenvalue weighted by molar-refractivity contribution is -0.149. The second kappa shape index (κ2) is 10.2. The Kier molecular flexibility index (Phi) is 8.66. The topological polar surface area (TPSA) is 55.8 Å². The number of esters is 1. The van der Waals surface area contributed by atoms with Gasteiger partial charge in [0, 0.05) is 18.9 Å². The first-order valence-electron chi connectivity index (χ1n) is 8.27. The van der Waals surface area contributed by atoms with Crippen LogP contribution in [0.15, 0.2) is 29.8 Å². The summed E-state index contributed by atoms with van der Waals surface area (Å²) in [6, 6.07) is 7.42. The molecule has 1 aromatic carbocycles. The standard InChI is InChI=1S/C19H25NO4.ClH/c1-4-18(21)24-13-23-17-9-5-14(6-10-17)11-15-7-8-16(19(15)22)12-20(2)3;/h5-6,9-11,16H,4,7-8,12-13H2,1-3H3;1H/b15-11+;. The van der Waals surface area contributed by atoms with Crippen LogP contribution in [0.5, 0.6) is 5.75 Å². The SMILES string of the molecule is CCC(=O)OCOc1ccc(/C=C2\CCC(CN(C)C)C2=O)cc1.Cl. The highest BCUT2D eigenvalue weighted by Gasteiger charge is 2.29. The minimum Gasteiger partial charge on any atom is -0.457 e. The average molecular weight is 368 g/mol. The molecular weight excluding hydrogens is 342 g/mol. The van der Waals surface area contributed by atoms with Gasteiger partial charge in [-0.3, -0.25) is 9.59 Å². The zero-order valence-corrected chi connectivity index (χ0v) is 15.8. The number of halogens is 1. The number of ether oxygens (including phenoxy) is 2. The number of hydrogen-bond donors (Lipinski definition) is 0.